The van der Waals surface area contributed by atoms with Crippen molar-refractivity contribution in [3.8, 4) is 0 Å². The Morgan fingerprint density at radius 1 is 0.560 bits per heavy atom. The monoisotopic (exact) mass is 714 g/mol. The maximum absolute atomic E-state index is 13.5. The van der Waals surface area contributed by atoms with Crippen molar-refractivity contribution in [3.63, 3.8) is 0 Å². The summed E-state index contributed by atoms with van der Waals surface area (Å²) < 4.78 is 0. The molecule has 0 saturated carbocycles. The summed E-state index contributed by atoms with van der Waals surface area (Å²) in [5.74, 6) is -8.20. The summed E-state index contributed by atoms with van der Waals surface area (Å²) in [6.45, 7) is -0.427. The Balaban J connectivity index is 3.45. The van der Waals surface area contributed by atoms with Gasteiger partial charge in [-0.15, -0.1) is 0 Å². The molecule has 9 amide bonds. The maximum Gasteiger partial charge on any atom is 0.245 e. The first-order chi connectivity index (χ1) is 23.5. The van der Waals surface area contributed by atoms with Gasteiger partial charge in [-0.05, 0) is 38.5 Å². The quantitative estimate of drug-likeness (QED) is 0.0887. The molecule has 1 aliphatic heterocycles. The molecular formula is C28H44N9O13-3. The van der Waals surface area contributed by atoms with Crippen molar-refractivity contribution in [2.75, 3.05) is 39.3 Å². The second-order valence-electron chi connectivity index (χ2n) is 11.3. The number of amides is 9. The Morgan fingerprint density at radius 2 is 0.860 bits per heavy atom. The number of carbonyl (C=O) groups excluding carboxylic acids is 9. The Kier molecular flexibility index (Phi) is 18.9. The van der Waals surface area contributed by atoms with Crippen LogP contribution in [0.3, 0.4) is 0 Å². The Bertz CT molecular complexity index is 1230. The van der Waals surface area contributed by atoms with Crippen LogP contribution in [0.2, 0.25) is 0 Å². The van der Waals surface area contributed by atoms with Crippen molar-refractivity contribution in [1.29, 1.82) is 0 Å². The molecule has 22 nitrogen and oxygen atoms in total. The molecule has 1 rings (SSSR count). The molecule has 7 N–H and O–H groups in total. The number of carbonyl (C=O) groups is 9. The second kappa shape index (κ2) is 21.9. The van der Waals surface area contributed by atoms with E-state index in [1.807, 2.05) is 0 Å². The molecule has 4 atom stereocenters. The largest absolute Gasteiger partial charge is 0.756 e. The van der Waals surface area contributed by atoms with E-state index in [4.69, 9.17) is 0 Å². The highest BCUT2D eigenvalue weighted by Gasteiger charge is 2.30. The smallest absolute Gasteiger partial charge is 0.245 e. The highest BCUT2D eigenvalue weighted by atomic mass is 16.5. The van der Waals surface area contributed by atoms with Crippen molar-refractivity contribution >= 4 is 53.2 Å². The predicted octanol–water partition coefficient (Wildman–Crippen LogP) is -4.46. The van der Waals surface area contributed by atoms with Gasteiger partial charge in [-0.2, -0.15) is 0 Å². The van der Waals surface area contributed by atoms with Crippen LogP contribution in [0.5, 0.6) is 0 Å². The fourth-order valence-electron chi connectivity index (χ4n) is 4.41. The van der Waals surface area contributed by atoms with Crippen LogP contribution in [0.4, 0.5) is 0 Å². The minimum Gasteiger partial charge on any atom is -0.756 e. The lowest BCUT2D eigenvalue weighted by atomic mass is 10.1. The molecule has 1 unspecified atom stereocenters. The van der Waals surface area contributed by atoms with E-state index in [9.17, 15) is 63.9 Å². The first kappa shape index (κ1) is 43.1. The minimum absolute atomic E-state index is 0.105. The lowest BCUT2D eigenvalue weighted by molar-refractivity contribution is -0.135. The van der Waals surface area contributed by atoms with Crippen LogP contribution in [0, 0.1) is 15.6 Å². The number of hydrogen-bond acceptors (Lipinski definition) is 13. The van der Waals surface area contributed by atoms with Gasteiger partial charge in [0.1, 0.15) is 24.2 Å². The van der Waals surface area contributed by atoms with E-state index in [1.165, 1.54) is 0 Å². The highest BCUT2D eigenvalue weighted by Crippen LogP contribution is 2.08. The van der Waals surface area contributed by atoms with Crippen molar-refractivity contribution in [2.45, 2.75) is 83.5 Å². The van der Waals surface area contributed by atoms with E-state index < -0.39 is 97.0 Å². The summed E-state index contributed by atoms with van der Waals surface area (Å²) in [6, 6.07) is -5.96. The van der Waals surface area contributed by atoms with Crippen LogP contribution in [0.1, 0.15) is 59.3 Å². The number of hydroxylamine groups is 6. The number of hydrogen-bond donors (Lipinski definition) is 7. The van der Waals surface area contributed by atoms with Crippen molar-refractivity contribution < 1.29 is 48.3 Å². The number of rotatable bonds is 13. The van der Waals surface area contributed by atoms with E-state index in [2.05, 4.69) is 31.9 Å². The topological polar surface area (TPSA) is 325 Å². The molecule has 50 heavy (non-hydrogen) atoms. The minimum atomic E-state index is -1.56. The zero-order valence-electron chi connectivity index (χ0n) is 28.0. The Labute approximate surface area is 287 Å². The highest BCUT2D eigenvalue weighted by molar-refractivity contribution is 5.96. The first-order valence-electron chi connectivity index (χ1n) is 15.7. The maximum atomic E-state index is 13.5. The fourth-order valence-corrected chi connectivity index (χ4v) is 4.41. The summed E-state index contributed by atoms with van der Waals surface area (Å²) in [6.07, 6.45) is -1.09. The zero-order valence-corrected chi connectivity index (χ0v) is 28.0. The van der Waals surface area contributed by atoms with Crippen LogP contribution in [0.15, 0.2) is 0 Å². The van der Waals surface area contributed by atoms with E-state index >= 15 is 0 Å². The van der Waals surface area contributed by atoms with Crippen LogP contribution in [-0.2, 0) is 43.2 Å². The molecule has 0 aromatic carbocycles. The van der Waals surface area contributed by atoms with Crippen LogP contribution in [-0.4, -0.2) is 137 Å². The zero-order chi connectivity index (χ0) is 38.0. The standard InChI is InChI=1S/C28H44N9O13/c1-16(39)35(48)10-4-7-19-25(44)29-14-24(43)32-22(15-38)26(45)30-13-23(42)31-20(8-5-11-36(49)17(2)40)27(46)34-21(28(47)33-19)9-6-12-37(50)18(3)41/h19-22,38H,4-15H2,1-3H3,(H,29,44)(H,30,45)(H,31,42)(H,32,43)(H,33,47)(H,34,46)/q-3/t19-,20+,21?,22-/m0/s1. The molecule has 0 radical (unpaired) electrons. The van der Waals surface area contributed by atoms with Gasteiger partial charge in [0.2, 0.25) is 53.2 Å². The molecule has 1 aliphatic rings. The van der Waals surface area contributed by atoms with Gasteiger partial charge in [0.15, 0.2) is 0 Å². The van der Waals surface area contributed by atoms with Gasteiger partial charge in [-0.1, -0.05) is 0 Å². The second-order valence-corrected chi connectivity index (χ2v) is 11.3. The Morgan fingerprint density at radius 3 is 1.20 bits per heavy atom. The predicted molar refractivity (Wildman–Crippen MR) is 171 cm³/mol. The third-order valence-corrected chi connectivity index (χ3v) is 7.21. The van der Waals surface area contributed by atoms with Crippen LogP contribution in [0.25, 0.3) is 0 Å². The molecule has 0 bridgehead atoms. The van der Waals surface area contributed by atoms with Gasteiger partial charge in [0.05, 0.1) is 19.7 Å². The van der Waals surface area contributed by atoms with Gasteiger partial charge in [-0.25, -0.2) is 0 Å². The lowest BCUT2D eigenvalue weighted by Crippen LogP contribution is -2.59. The van der Waals surface area contributed by atoms with E-state index in [1.54, 1.807) is 0 Å². The number of aliphatic hydroxyl groups is 1. The van der Waals surface area contributed by atoms with Gasteiger partial charge in [0, 0.05) is 40.4 Å². The third-order valence-electron chi connectivity index (χ3n) is 7.21. The van der Waals surface area contributed by atoms with Gasteiger partial charge in [0.25, 0.3) is 0 Å². The molecule has 0 aromatic heterocycles. The van der Waals surface area contributed by atoms with E-state index in [-0.39, 0.29) is 73.3 Å². The number of nitrogens with one attached hydrogen (secondary N) is 6. The first-order valence-corrected chi connectivity index (χ1v) is 15.7. The SMILES string of the molecule is CC(=O)N([O-])CCCC1NC(=O)[C@@H](CCCN([O-])C(C)=O)NC(=O)CNC(=O)[C@H](CO)NC(=O)CNC(=O)[C@H](CCCN([O-])C(C)=O)NC1=O. The Hall–Kier alpha value is -4.93. The summed E-state index contributed by atoms with van der Waals surface area (Å²) in [7, 11) is 0. The summed E-state index contributed by atoms with van der Waals surface area (Å²) in [5, 5.41) is 59.1. The molecular weight excluding hydrogens is 670 g/mol. The van der Waals surface area contributed by atoms with Gasteiger partial charge in [-0.3, -0.25) is 43.2 Å². The van der Waals surface area contributed by atoms with E-state index in [0.29, 0.717) is 0 Å². The van der Waals surface area contributed by atoms with Crippen molar-refractivity contribution in [3.05, 3.63) is 15.6 Å². The molecule has 1 heterocycles. The summed E-state index contributed by atoms with van der Waals surface area (Å²) in [4.78, 5) is 112. The molecule has 0 spiro atoms. The lowest BCUT2D eigenvalue weighted by Gasteiger charge is -2.30. The van der Waals surface area contributed by atoms with Crippen molar-refractivity contribution in [2.24, 2.45) is 0 Å². The molecule has 282 valence electrons. The van der Waals surface area contributed by atoms with E-state index in [0.717, 1.165) is 20.8 Å². The number of nitrogens with zero attached hydrogens (tertiary/aromatic N) is 3. The molecule has 0 aromatic rings. The van der Waals surface area contributed by atoms with Gasteiger partial charge < -0.3 is 67.8 Å². The molecule has 22 heteroatoms. The third kappa shape index (κ3) is 16.0. The molecule has 0 aliphatic carbocycles. The summed E-state index contributed by atoms with van der Waals surface area (Å²) in [5.41, 5.74) is 0. The fraction of sp³-hybridized carbons (Fsp3) is 0.679. The van der Waals surface area contributed by atoms with Gasteiger partial charge >= 0.3 is 0 Å². The van der Waals surface area contributed by atoms with Crippen molar-refractivity contribution in [1.82, 2.24) is 47.1 Å². The summed E-state index contributed by atoms with van der Waals surface area (Å²) >= 11 is 0. The average molecular weight is 715 g/mol. The normalized spacial score (nSPS) is 21.2. The molecule has 1 saturated heterocycles. The van der Waals surface area contributed by atoms with Crippen LogP contribution >= 0.6 is 0 Å². The molecule has 1 fully saturated rings. The number of aliphatic hydroxyl groups excluding tert-OH is 1. The van der Waals surface area contributed by atoms with Crippen LogP contribution < -0.4 is 31.9 Å². The average Bonchev–Trinajstić information content (AvgIpc) is 3.05.